The van der Waals surface area contributed by atoms with Gasteiger partial charge in [-0.2, -0.15) is 0 Å². The summed E-state index contributed by atoms with van der Waals surface area (Å²) in [5.74, 6) is 0.692. The fourth-order valence-corrected chi connectivity index (χ4v) is 2.00. The van der Waals surface area contributed by atoms with E-state index in [9.17, 15) is 0 Å². The van der Waals surface area contributed by atoms with Gasteiger partial charge in [-0.15, -0.1) is 0 Å². The summed E-state index contributed by atoms with van der Waals surface area (Å²) in [6, 6.07) is 8.62. The van der Waals surface area contributed by atoms with E-state index in [2.05, 4.69) is 29.2 Å². The van der Waals surface area contributed by atoms with Gasteiger partial charge in [-0.3, -0.25) is 5.41 Å². The van der Waals surface area contributed by atoms with E-state index < -0.39 is 0 Å². The molecular weight excluding hydrogens is 172 g/mol. The Morgan fingerprint density at radius 1 is 1.14 bits per heavy atom. The highest BCUT2D eigenvalue weighted by molar-refractivity contribution is 5.76. The first kappa shape index (κ1) is 9.25. The second kappa shape index (κ2) is 3.82. The lowest BCUT2D eigenvalue weighted by molar-refractivity contribution is 0.434. The summed E-state index contributed by atoms with van der Waals surface area (Å²) in [4.78, 5) is 2.15. The highest BCUT2D eigenvalue weighted by Crippen LogP contribution is 2.15. The Bertz CT molecular complexity index is 317. The quantitative estimate of drug-likeness (QED) is 0.490. The summed E-state index contributed by atoms with van der Waals surface area (Å²) in [7, 11) is 0. The van der Waals surface area contributed by atoms with E-state index in [4.69, 9.17) is 5.41 Å². The number of hydrogen-bond acceptors (Lipinski definition) is 1. The van der Waals surface area contributed by atoms with Gasteiger partial charge in [0.2, 0.25) is 0 Å². The molecule has 0 aliphatic carbocycles. The van der Waals surface area contributed by atoms with Crippen molar-refractivity contribution in [1.82, 2.24) is 4.90 Å². The van der Waals surface area contributed by atoms with E-state index in [1.54, 1.807) is 0 Å². The summed E-state index contributed by atoms with van der Waals surface area (Å²) in [6.45, 7) is 3.86. The molecule has 0 aromatic heterocycles. The van der Waals surface area contributed by atoms with Gasteiger partial charge < -0.3 is 4.90 Å². The van der Waals surface area contributed by atoms with Gasteiger partial charge in [-0.25, -0.2) is 0 Å². The monoisotopic (exact) mass is 188 g/mol. The third-order valence-corrected chi connectivity index (χ3v) is 2.89. The molecule has 1 aromatic rings. The second-order valence-electron chi connectivity index (χ2n) is 3.84. The Balaban J connectivity index is 2.18. The molecule has 0 amide bonds. The molecule has 0 saturated heterocycles. The zero-order chi connectivity index (χ0) is 9.97. The molecule has 0 spiro atoms. The van der Waals surface area contributed by atoms with Crippen LogP contribution >= 0.6 is 0 Å². The number of nitrogens with zero attached hydrogens (tertiary/aromatic N) is 1. The van der Waals surface area contributed by atoms with Crippen LogP contribution in [0.3, 0.4) is 0 Å². The van der Waals surface area contributed by atoms with E-state index >= 15 is 0 Å². The summed E-state index contributed by atoms with van der Waals surface area (Å²) < 4.78 is 0. The van der Waals surface area contributed by atoms with Gasteiger partial charge >= 0.3 is 0 Å². The molecule has 1 heterocycles. The van der Waals surface area contributed by atoms with E-state index in [-0.39, 0.29) is 0 Å². The van der Waals surface area contributed by atoms with Crippen LogP contribution in [0.2, 0.25) is 0 Å². The zero-order valence-electron chi connectivity index (χ0n) is 8.59. The third-order valence-electron chi connectivity index (χ3n) is 2.89. The molecule has 0 fully saturated rings. The normalized spacial score (nSPS) is 15.9. The molecule has 1 N–H and O–H groups in total. The smallest absolute Gasteiger partial charge is 0.0926 e. The molecule has 1 aromatic carbocycles. The fraction of sp³-hybridized carbons (Fsp3) is 0.417. The highest BCUT2D eigenvalue weighted by atomic mass is 15.2. The van der Waals surface area contributed by atoms with Crippen molar-refractivity contribution in [3.05, 3.63) is 35.4 Å². The first-order valence-corrected chi connectivity index (χ1v) is 5.14. The van der Waals surface area contributed by atoms with Crippen LogP contribution in [-0.4, -0.2) is 23.8 Å². The maximum absolute atomic E-state index is 7.62. The van der Waals surface area contributed by atoms with Crippen LogP contribution in [0.4, 0.5) is 0 Å². The molecule has 0 bridgehead atoms. The Labute approximate surface area is 85.1 Å². The molecule has 2 heteroatoms. The number of nitrogens with one attached hydrogen (secondary N) is 1. The summed E-state index contributed by atoms with van der Waals surface area (Å²) >= 11 is 0. The predicted octanol–water partition coefficient (Wildman–Crippen LogP) is 2.08. The van der Waals surface area contributed by atoms with E-state index in [1.807, 2.05) is 6.92 Å². The Hall–Kier alpha value is -1.31. The van der Waals surface area contributed by atoms with Crippen molar-refractivity contribution in [2.24, 2.45) is 0 Å². The van der Waals surface area contributed by atoms with Gasteiger partial charge in [0.15, 0.2) is 0 Å². The predicted molar refractivity (Wildman–Crippen MR) is 58.8 cm³/mol. The molecule has 0 unspecified atom stereocenters. The number of amidine groups is 1. The molecule has 1 aliphatic heterocycles. The van der Waals surface area contributed by atoms with Gasteiger partial charge in [-0.1, -0.05) is 24.3 Å². The van der Waals surface area contributed by atoms with Gasteiger partial charge in [0.1, 0.15) is 0 Å². The Kier molecular flexibility index (Phi) is 2.53. The summed E-state index contributed by atoms with van der Waals surface area (Å²) in [5, 5.41) is 7.62. The minimum absolute atomic E-state index is 0.692. The van der Waals surface area contributed by atoms with Crippen molar-refractivity contribution in [1.29, 1.82) is 5.41 Å². The lowest BCUT2D eigenvalue weighted by Crippen LogP contribution is -2.30. The lowest BCUT2D eigenvalue weighted by atomic mass is 10.0. The Morgan fingerprint density at radius 3 is 2.07 bits per heavy atom. The SMILES string of the molecule is CC(=N)N1CCc2ccccc2CC1. The van der Waals surface area contributed by atoms with Gasteiger partial charge in [0, 0.05) is 13.1 Å². The summed E-state index contributed by atoms with van der Waals surface area (Å²) in [5.41, 5.74) is 2.91. The van der Waals surface area contributed by atoms with Crippen LogP contribution in [0.25, 0.3) is 0 Å². The van der Waals surface area contributed by atoms with Crippen molar-refractivity contribution < 1.29 is 0 Å². The van der Waals surface area contributed by atoms with Crippen molar-refractivity contribution in [3.8, 4) is 0 Å². The third kappa shape index (κ3) is 1.79. The molecule has 2 nitrogen and oxygen atoms in total. The first-order chi connectivity index (χ1) is 6.77. The number of benzene rings is 1. The van der Waals surface area contributed by atoms with Crippen molar-refractivity contribution in [2.45, 2.75) is 19.8 Å². The van der Waals surface area contributed by atoms with Crippen LogP contribution in [0.5, 0.6) is 0 Å². The van der Waals surface area contributed by atoms with Gasteiger partial charge in [0.25, 0.3) is 0 Å². The topological polar surface area (TPSA) is 27.1 Å². The number of rotatable bonds is 0. The molecule has 0 radical (unpaired) electrons. The first-order valence-electron chi connectivity index (χ1n) is 5.14. The lowest BCUT2D eigenvalue weighted by Gasteiger charge is -2.20. The van der Waals surface area contributed by atoms with Crippen LogP contribution in [-0.2, 0) is 12.8 Å². The van der Waals surface area contributed by atoms with Crippen LogP contribution in [0, 0.1) is 5.41 Å². The minimum atomic E-state index is 0.692. The maximum atomic E-state index is 7.62. The largest absolute Gasteiger partial charge is 0.360 e. The van der Waals surface area contributed by atoms with Crippen LogP contribution < -0.4 is 0 Å². The molecule has 0 saturated carbocycles. The summed E-state index contributed by atoms with van der Waals surface area (Å²) in [6.07, 6.45) is 2.15. The fourth-order valence-electron chi connectivity index (χ4n) is 2.00. The average Bonchev–Trinajstić information content (AvgIpc) is 2.39. The number of fused-ring (bicyclic) bond motifs is 1. The highest BCUT2D eigenvalue weighted by Gasteiger charge is 2.12. The molecule has 74 valence electrons. The zero-order valence-corrected chi connectivity index (χ0v) is 8.59. The molecule has 14 heavy (non-hydrogen) atoms. The van der Waals surface area contributed by atoms with Gasteiger partial charge in [-0.05, 0) is 30.9 Å². The van der Waals surface area contributed by atoms with Crippen LogP contribution in [0.1, 0.15) is 18.1 Å². The van der Waals surface area contributed by atoms with Crippen molar-refractivity contribution >= 4 is 5.84 Å². The van der Waals surface area contributed by atoms with Crippen molar-refractivity contribution in [3.63, 3.8) is 0 Å². The average molecular weight is 188 g/mol. The minimum Gasteiger partial charge on any atom is -0.360 e. The molecule has 0 atom stereocenters. The van der Waals surface area contributed by atoms with E-state index in [0.717, 1.165) is 25.9 Å². The number of hydrogen-bond donors (Lipinski definition) is 1. The van der Waals surface area contributed by atoms with Gasteiger partial charge in [0.05, 0.1) is 5.84 Å². The van der Waals surface area contributed by atoms with Crippen LogP contribution in [0.15, 0.2) is 24.3 Å². The maximum Gasteiger partial charge on any atom is 0.0926 e. The Morgan fingerprint density at radius 2 is 1.64 bits per heavy atom. The van der Waals surface area contributed by atoms with E-state index in [1.165, 1.54) is 11.1 Å². The van der Waals surface area contributed by atoms with E-state index in [0.29, 0.717) is 5.84 Å². The molecular formula is C12H16N2. The second-order valence-corrected chi connectivity index (χ2v) is 3.84. The molecule has 2 rings (SSSR count). The van der Waals surface area contributed by atoms with Crippen molar-refractivity contribution in [2.75, 3.05) is 13.1 Å². The molecule has 1 aliphatic rings. The standard InChI is InChI=1S/C12H16N2/c1-10(13)14-8-6-11-4-2-3-5-12(11)7-9-14/h2-5,13H,6-9H2,1H3.